The molecule has 0 aromatic heterocycles. The molecule has 1 aliphatic heterocycles. The second-order valence-electron chi connectivity index (χ2n) is 5.00. The Labute approximate surface area is 127 Å². The van der Waals surface area contributed by atoms with Crippen molar-refractivity contribution in [1.82, 2.24) is 10.6 Å². The highest BCUT2D eigenvalue weighted by atomic mass is 32.2. The largest absolute Gasteiger partial charge is 0.354 e. The molecule has 1 aromatic rings. The number of nitrogens with two attached hydrogens (primary N) is 1. The summed E-state index contributed by atoms with van der Waals surface area (Å²) in [4.78, 5) is 23.5. The van der Waals surface area contributed by atoms with Gasteiger partial charge in [-0.05, 0) is 37.5 Å². The minimum absolute atomic E-state index is 0.339. The van der Waals surface area contributed by atoms with Crippen molar-refractivity contribution in [2.45, 2.75) is 30.2 Å². The van der Waals surface area contributed by atoms with Crippen LogP contribution in [0.4, 0.5) is 4.39 Å². The molecular weight excluding hydrogens is 313 g/mol. The fourth-order valence-electron chi connectivity index (χ4n) is 2.17. The zero-order chi connectivity index (χ0) is 16.3. The topological polar surface area (TPSA) is 118 Å². The van der Waals surface area contributed by atoms with Crippen molar-refractivity contribution in [3.8, 4) is 0 Å². The fourth-order valence-corrected chi connectivity index (χ4v) is 2.71. The molecule has 2 amide bonds. The lowest BCUT2D eigenvalue weighted by Crippen LogP contribution is -2.45. The predicted octanol–water partition coefficient (Wildman–Crippen LogP) is -0.128. The summed E-state index contributed by atoms with van der Waals surface area (Å²) in [5.41, 5.74) is -0.469. The first-order valence-corrected chi connectivity index (χ1v) is 8.24. The van der Waals surface area contributed by atoms with E-state index in [1.807, 2.05) is 0 Å². The third kappa shape index (κ3) is 3.80. The van der Waals surface area contributed by atoms with Gasteiger partial charge in [-0.1, -0.05) is 0 Å². The average molecular weight is 329 g/mol. The molecule has 1 atom stereocenters. The number of nitrogens with one attached hydrogen (secondary N) is 2. The lowest BCUT2D eigenvalue weighted by Gasteiger charge is -2.15. The normalized spacial score (nSPS) is 19.2. The van der Waals surface area contributed by atoms with Crippen molar-refractivity contribution in [2.75, 3.05) is 6.54 Å². The third-order valence-electron chi connectivity index (χ3n) is 3.35. The summed E-state index contributed by atoms with van der Waals surface area (Å²) in [5.74, 6) is -2.09. The Hall–Kier alpha value is -2.00. The highest BCUT2D eigenvalue weighted by molar-refractivity contribution is 7.89. The van der Waals surface area contributed by atoms with Crippen LogP contribution in [-0.4, -0.2) is 32.8 Å². The van der Waals surface area contributed by atoms with Crippen LogP contribution in [0.3, 0.4) is 0 Å². The maximum atomic E-state index is 13.7. The number of rotatable bonds is 3. The molecule has 1 saturated heterocycles. The van der Waals surface area contributed by atoms with Crippen molar-refractivity contribution in [3.05, 3.63) is 29.6 Å². The Morgan fingerprint density at radius 3 is 2.77 bits per heavy atom. The van der Waals surface area contributed by atoms with Gasteiger partial charge in [0.15, 0.2) is 0 Å². The summed E-state index contributed by atoms with van der Waals surface area (Å²) >= 11 is 0. The lowest BCUT2D eigenvalue weighted by atomic mass is 10.1. The van der Waals surface area contributed by atoms with Gasteiger partial charge in [0.25, 0.3) is 5.91 Å². The van der Waals surface area contributed by atoms with E-state index in [1.54, 1.807) is 0 Å². The Morgan fingerprint density at radius 1 is 1.36 bits per heavy atom. The number of amides is 2. The van der Waals surface area contributed by atoms with Gasteiger partial charge >= 0.3 is 0 Å². The molecule has 1 aliphatic rings. The molecule has 0 spiro atoms. The number of carbonyl (C=O) groups is 2. The van der Waals surface area contributed by atoms with Crippen LogP contribution in [0.25, 0.3) is 0 Å². The Balaban J connectivity index is 2.23. The van der Waals surface area contributed by atoms with Crippen molar-refractivity contribution >= 4 is 21.8 Å². The predicted molar refractivity (Wildman–Crippen MR) is 75.9 cm³/mol. The average Bonchev–Trinajstić information content (AvgIpc) is 2.63. The van der Waals surface area contributed by atoms with Crippen molar-refractivity contribution in [1.29, 1.82) is 0 Å². The number of sulfonamides is 1. The molecule has 0 bridgehead atoms. The van der Waals surface area contributed by atoms with Crippen LogP contribution in [0.2, 0.25) is 0 Å². The lowest BCUT2D eigenvalue weighted by molar-refractivity contribution is -0.122. The molecule has 1 aromatic carbocycles. The van der Waals surface area contributed by atoms with Crippen LogP contribution in [0.15, 0.2) is 23.1 Å². The summed E-state index contributed by atoms with van der Waals surface area (Å²) < 4.78 is 36.3. The van der Waals surface area contributed by atoms with Crippen molar-refractivity contribution in [2.24, 2.45) is 5.14 Å². The number of halogens is 1. The Bertz CT molecular complexity index is 705. The zero-order valence-corrected chi connectivity index (χ0v) is 12.5. The molecule has 7 nitrogen and oxygen atoms in total. The molecule has 9 heteroatoms. The molecule has 120 valence electrons. The van der Waals surface area contributed by atoms with Gasteiger partial charge in [0.05, 0.1) is 10.5 Å². The molecule has 0 unspecified atom stereocenters. The van der Waals surface area contributed by atoms with E-state index in [9.17, 15) is 22.4 Å². The van der Waals surface area contributed by atoms with Gasteiger partial charge in [-0.2, -0.15) is 0 Å². The van der Waals surface area contributed by atoms with Gasteiger partial charge < -0.3 is 10.6 Å². The summed E-state index contributed by atoms with van der Waals surface area (Å²) in [6.45, 7) is 0.528. The first-order valence-electron chi connectivity index (χ1n) is 6.70. The van der Waals surface area contributed by atoms with Gasteiger partial charge in [0.1, 0.15) is 11.9 Å². The van der Waals surface area contributed by atoms with Crippen molar-refractivity contribution < 1.29 is 22.4 Å². The van der Waals surface area contributed by atoms with E-state index in [4.69, 9.17) is 5.14 Å². The molecule has 2 rings (SSSR count). The second-order valence-corrected chi connectivity index (χ2v) is 6.56. The van der Waals surface area contributed by atoms with Gasteiger partial charge in [-0.3, -0.25) is 9.59 Å². The summed E-state index contributed by atoms with van der Waals surface area (Å²) in [6, 6.07) is 1.91. The first kappa shape index (κ1) is 16.4. The highest BCUT2D eigenvalue weighted by Crippen LogP contribution is 2.15. The van der Waals surface area contributed by atoms with E-state index in [-0.39, 0.29) is 10.8 Å². The molecule has 4 N–H and O–H groups in total. The molecule has 1 fully saturated rings. The minimum Gasteiger partial charge on any atom is -0.354 e. The third-order valence-corrected chi connectivity index (χ3v) is 4.26. The Kier molecular flexibility index (Phi) is 4.77. The Morgan fingerprint density at radius 2 is 2.09 bits per heavy atom. The van der Waals surface area contributed by atoms with Crippen molar-refractivity contribution in [3.63, 3.8) is 0 Å². The summed E-state index contributed by atoms with van der Waals surface area (Å²) in [6.07, 6.45) is 1.98. The minimum atomic E-state index is -4.05. The maximum absolute atomic E-state index is 13.7. The summed E-state index contributed by atoms with van der Waals surface area (Å²) in [7, 11) is -4.05. The van der Waals surface area contributed by atoms with E-state index in [0.717, 1.165) is 31.0 Å². The van der Waals surface area contributed by atoms with E-state index in [0.29, 0.717) is 13.0 Å². The van der Waals surface area contributed by atoms with Crippen LogP contribution < -0.4 is 15.8 Å². The van der Waals surface area contributed by atoms with Crippen LogP contribution in [0.1, 0.15) is 29.6 Å². The number of benzene rings is 1. The molecule has 1 heterocycles. The number of primary sulfonamides is 1. The van der Waals surface area contributed by atoms with Crippen LogP contribution in [0.5, 0.6) is 0 Å². The van der Waals surface area contributed by atoms with E-state index in [1.165, 1.54) is 0 Å². The fraction of sp³-hybridized carbons (Fsp3) is 0.385. The zero-order valence-electron chi connectivity index (χ0n) is 11.6. The van der Waals surface area contributed by atoms with Crippen LogP contribution in [0, 0.1) is 5.82 Å². The highest BCUT2D eigenvalue weighted by Gasteiger charge is 2.25. The van der Waals surface area contributed by atoms with E-state index < -0.39 is 33.4 Å². The van der Waals surface area contributed by atoms with Gasteiger partial charge in [-0.25, -0.2) is 17.9 Å². The van der Waals surface area contributed by atoms with Crippen LogP contribution >= 0.6 is 0 Å². The second kappa shape index (κ2) is 6.41. The quantitative estimate of drug-likeness (QED) is 0.716. The van der Waals surface area contributed by atoms with E-state index >= 15 is 0 Å². The molecule has 0 saturated carbocycles. The number of hydrogen-bond donors (Lipinski definition) is 3. The molecule has 22 heavy (non-hydrogen) atoms. The number of carbonyl (C=O) groups excluding carboxylic acids is 2. The van der Waals surface area contributed by atoms with Gasteiger partial charge in [0, 0.05) is 6.54 Å². The summed E-state index contributed by atoms with van der Waals surface area (Å²) in [5, 5.41) is 10.0. The monoisotopic (exact) mass is 329 g/mol. The molecule has 0 radical (unpaired) electrons. The molecular formula is C13H16FN3O4S. The van der Waals surface area contributed by atoms with Crippen LogP contribution in [-0.2, 0) is 14.8 Å². The van der Waals surface area contributed by atoms with E-state index in [2.05, 4.69) is 10.6 Å². The SMILES string of the molecule is NS(=O)(=O)c1ccc(F)c(C(=O)N[C@@H]2CCCCNC2=O)c1. The van der Waals surface area contributed by atoms with Gasteiger partial charge in [-0.15, -0.1) is 0 Å². The molecule has 0 aliphatic carbocycles. The maximum Gasteiger partial charge on any atom is 0.254 e. The number of hydrogen-bond acceptors (Lipinski definition) is 4. The standard InChI is InChI=1S/C13H16FN3O4S/c14-10-5-4-8(22(15,20)21)7-9(10)12(18)17-11-3-1-2-6-16-13(11)19/h4-5,7,11H,1-3,6H2,(H,16,19)(H,17,18)(H2,15,20,21)/t11-/m1/s1. The first-order chi connectivity index (χ1) is 10.3. The smallest absolute Gasteiger partial charge is 0.254 e. The van der Waals surface area contributed by atoms with Gasteiger partial charge in [0.2, 0.25) is 15.9 Å².